The van der Waals surface area contributed by atoms with E-state index in [1.165, 1.54) is 51.4 Å². The van der Waals surface area contributed by atoms with Gasteiger partial charge in [-0.2, -0.15) is 0 Å². The van der Waals surface area contributed by atoms with Gasteiger partial charge in [0, 0.05) is 0 Å². The first-order valence-electron chi connectivity index (χ1n) is 13.6. The highest BCUT2D eigenvalue weighted by atomic mass is 16.3. The number of fused-ring (bicyclic) bond motifs is 4. The third-order valence-electron chi connectivity index (χ3n) is 11.8. The molecule has 0 aliphatic heterocycles. The van der Waals surface area contributed by atoms with E-state index in [1.807, 2.05) is 18.1 Å². The van der Waals surface area contributed by atoms with Crippen molar-refractivity contribution in [3.05, 3.63) is 22.8 Å². The van der Waals surface area contributed by atoms with E-state index in [0.29, 0.717) is 16.7 Å². The molecule has 0 unspecified atom stereocenters. The fourth-order valence-corrected chi connectivity index (χ4v) is 9.49. The third-order valence-corrected chi connectivity index (χ3v) is 11.8. The highest BCUT2D eigenvalue weighted by molar-refractivity contribution is 5.38. The van der Waals surface area contributed by atoms with Crippen LogP contribution in [0.3, 0.4) is 0 Å². The normalized spacial score (nSPS) is 44.7. The average Bonchev–Trinajstić information content (AvgIpc) is 3.02. The first-order chi connectivity index (χ1) is 14.9. The Hall–Kier alpha value is -0.600. The summed E-state index contributed by atoms with van der Waals surface area (Å²) in [6, 6.07) is 0. The molecule has 2 fully saturated rings. The summed E-state index contributed by atoms with van der Waals surface area (Å²) in [7, 11) is 0. The molecule has 182 valence electrons. The van der Waals surface area contributed by atoms with Crippen LogP contribution in [0.1, 0.15) is 113 Å². The first-order valence-corrected chi connectivity index (χ1v) is 13.6. The van der Waals surface area contributed by atoms with E-state index >= 15 is 0 Å². The van der Waals surface area contributed by atoms with Gasteiger partial charge in [0.05, 0.1) is 12.7 Å². The van der Waals surface area contributed by atoms with Crippen molar-refractivity contribution in [2.24, 2.45) is 39.4 Å². The molecule has 0 spiro atoms. The van der Waals surface area contributed by atoms with Crippen LogP contribution in [-0.4, -0.2) is 22.9 Å². The van der Waals surface area contributed by atoms with Crippen molar-refractivity contribution in [2.45, 2.75) is 119 Å². The lowest BCUT2D eigenvalue weighted by Crippen LogP contribution is -2.55. The standard InChI is InChI=1S/C30H50O2/c1-20(19-31)9-8-10-21(2)22-13-17-30(7)24-11-12-25-27(3,4)26(32)15-16-28(25,5)23(24)14-18-29(22,30)6/h9,21-22,25-26,31-32H,8,10-19H2,1-7H3/b20-9+/t21-,22-,25+,26+,28-,29-,30+/m1/s1. The van der Waals surface area contributed by atoms with E-state index in [4.69, 9.17) is 0 Å². The van der Waals surface area contributed by atoms with Gasteiger partial charge in [-0.15, -0.1) is 0 Å². The molecule has 0 saturated heterocycles. The van der Waals surface area contributed by atoms with E-state index in [1.54, 1.807) is 0 Å². The van der Waals surface area contributed by atoms with E-state index in [-0.39, 0.29) is 23.5 Å². The minimum absolute atomic E-state index is 0.0279. The summed E-state index contributed by atoms with van der Waals surface area (Å²) in [6.07, 6.45) is 14.5. The summed E-state index contributed by atoms with van der Waals surface area (Å²) in [5.41, 5.74) is 5.86. The Kier molecular flexibility index (Phi) is 6.33. The van der Waals surface area contributed by atoms with Crippen molar-refractivity contribution in [2.75, 3.05) is 6.61 Å². The van der Waals surface area contributed by atoms with Crippen LogP contribution in [0.25, 0.3) is 0 Å². The van der Waals surface area contributed by atoms with Gasteiger partial charge in [-0.1, -0.05) is 64.3 Å². The number of rotatable bonds is 5. The van der Waals surface area contributed by atoms with Gasteiger partial charge in [0.2, 0.25) is 0 Å². The molecule has 4 rings (SSSR count). The molecule has 32 heavy (non-hydrogen) atoms. The second-order valence-corrected chi connectivity index (χ2v) is 13.5. The molecule has 0 bridgehead atoms. The van der Waals surface area contributed by atoms with Gasteiger partial charge in [-0.25, -0.2) is 0 Å². The number of hydrogen-bond acceptors (Lipinski definition) is 2. The van der Waals surface area contributed by atoms with Crippen LogP contribution in [-0.2, 0) is 0 Å². The lowest BCUT2D eigenvalue weighted by molar-refractivity contribution is -0.0962. The second kappa shape index (κ2) is 8.26. The molecule has 0 aromatic heterocycles. The molecule has 2 nitrogen and oxygen atoms in total. The van der Waals surface area contributed by atoms with Gasteiger partial charge in [-0.05, 0) is 111 Å². The minimum atomic E-state index is -0.146. The monoisotopic (exact) mass is 442 g/mol. The van der Waals surface area contributed by atoms with Gasteiger partial charge in [0.1, 0.15) is 0 Å². The predicted octanol–water partition coefficient (Wildman–Crippen LogP) is 7.45. The molecule has 4 aliphatic rings. The van der Waals surface area contributed by atoms with Crippen molar-refractivity contribution in [1.82, 2.24) is 0 Å². The number of aliphatic hydroxyl groups excluding tert-OH is 2. The topological polar surface area (TPSA) is 40.5 Å². The molecule has 2 saturated carbocycles. The van der Waals surface area contributed by atoms with Gasteiger partial charge in [0.25, 0.3) is 0 Å². The smallest absolute Gasteiger partial charge is 0.0639 e. The summed E-state index contributed by atoms with van der Waals surface area (Å²) in [4.78, 5) is 0. The summed E-state index contributed by atoms with van der Waals surface area (Å²) in [6.45, 7) is 17.2. The molecule has 0 amide bonds. The Balaban J connectivity index is 1.62. The molecular formula is C30H50O2. The SMILES string of the molecule is C/C(=C\CC[C@@H](C)[C@H]1CC[C@@]2(C)C3=C(CC[C@]12C)[C@@]1(C)CC[C@H](O)C(C)(C)[C@@H]1CC3)CO. The van der Waals surface area contributed by atoms with Crippen LogP contribution in [0.2, 0.25) is 0 Å². The van der Waals surface area contributed by atoms with Crippen molar-refractivity contribution in [3.8, 4) is 0 Å². The summed E-state index contributed by atoms with van der Waals surface area (Å²) >= 11 is 0. The Morgan fingerprint density at radius 2 is 1.72 bits per heavy atom. The zero-order valence-corrected chi connectivity index (χ0v) is 22.1. The Labute approximate surface area is 198 Å². The average molecular weight is 443 g/mol. The Morgan fingerprint density at radius 1 is 1.00 bits per heavy atom. The van der Waals surface area contributed by atoms with Crippen LogP contribution >= 0.6 is 0 Å². The van der Waals surface area contributed by atoms with E-state index < -0.39 is 0 Å². The largest absolute Gasteiger partial charge is 0.393 e. The zero-order chi connectivity index (χ0) is 23.5. The fourth-order valence-electron chi connectivity index (χ4n) is 9.49. The maximum Gasteiger partial charge on any atom is 0.0639 e. The highest BCUT2D eigenvalue weighted by Gasteiger charge is 2.63. The van der Waals surface area contributed by atoms with E-state index in [2.05, 4.69) is 47.6 Å². The summed E-state index contributed by atoms with van der Waals surface area (Å²) in [5.74, 6) is 2.16. The lowest BCUT2D eigenvalue weighted by Gasteiger charge is -2.62. The number of aliphatic hydroxyl groups is 2. The first kappa shape index (κ1) is 24.5. The van der Waals surface area contributed by atoms with E-state index in [9.17, 15) is 10.2 Å². The van der Waals surface area contributed by atoms with Crippen molar-refractivity contribution in [3.63, 3.8) is 0 Å². The van der Waals surface area contributed by atoms with Gasteiger partial charge < -0.3 is 10.2 Å². The zero-order valence-electron chi connectivity index (χ0n) is 22.1. The molecule has 2 N–H and O–H groups in total. The summed E-state index contributed by atoms with van der Waals surface area (Å²) in [5, 5.41) is 20.1. The molecule has 2 heteroatoms. The van der Waals surface area contributed by atoms with Crippen molar-refractivity contribution >= 4 is 0 Å². The number of hydrogen-bond donors (Lipinski definition) is 2. The van der Waals surface area contributed by atoms with Gasteiger partial charge in [-0.3, -0.25) is 0 Å². The molecule has 7 atom stereocenters. The third kappa shape index (κ3) is 3.41. The van der Waals surface area contributed by atoms with Crippen LogP contribution in [0.15, 0.2) is 22.8 Å². The molecular weight excluding hydrogens is 392 g/mol. The molecule has 4 aliphatic carbocycles. The minimum Gasteiger partial charge on any atom is -0.393 e. The quantitative estimate of drug-likeness (QED) is 0.434. The maximum absolute atomic E-state index is 10.8. The predicted molar refractivity (Wildman–Crippen MR) is 134 cm³/mol. The van der Waals surface area contributed by atoms with Crippen molar-refractivity contribution < 1.29 is 10.2 Å². The number of allylic oxidation sites excluding steroid dienone is 3. The fraction of sp³-hybridized carbons (Fsp3) is 0.867. The Bertz CT molecular complexity index is 791. The lowest BCUT2D eigenvalue weighted by atomic mass is 9.43. The highest BCUT2D eigenvalue weighted by Crippen LogP contribution is 2.72. The molecule has 0 aromatic carbocycles. The Morgan fingerprint density at radius 3 is 2.41 bits per heavy atom. The maximum atomic E-state index is 10.8. The van der Waals surface area contributed by atoms with Crippen LogP contribution in [0.5, 0.6) is 0 Å². The van der Waals surface area contributed by atoms with Crippen LogP contribution in [0.4, 0.5) is 0 Å². The van der Waals surface area contributed by atoms with Crippen LogP contribution < -0.4 is 0 Å². The van der Waals surface area contributed by atoms with Crippen molar-refractivity contribution in [1.29, 1.82) is 0 Å². The van der Waals surface area contributed by atoms with Gasteiger partial charge in [0.15, 0.2) is 0 Å². The molecule has 0 aromatic rings. The van der Waals surface area contributed by atoms with E-state index in [0.717, 1.165) is 30.3 Å². The molecule has 0 heterocycles. The van der Waals surface area contributed by atoms with Crippen LogP contribution in [0, 0.1) is 39.4 Å². The second-order valence-electron chi connectivity index (χ2n) is 13.5. The molecule has 0 radical (unpaired) electrons. The van der Waals surface area contributed by atoms with Gasteiger partial charge >= 0.3 is 0 Å². The summed E-state index contributed by atoms with van der Waals surface area (Å²) < 4.78 is 0.